The molecule has 1 aromatic rings. The fraction of sp³-hybridized carbons (Fsp3) is 0.500. The van der Waals surface area contributed by atoms with Gasteiger partial charge in [-0.15, -0.1) is 0 Å². The van der Waals surface area contributed by atoms with E-state index in [1.807, 2.05) is 25.1 Å². The molecule has 0 radical (unpaired) electrons. The van der Waals surface area contributed by atoms with E-state index in [2.05, 4.69) is 24.5 Å². The number of nitrogens with zero attached hydrogens (tertiary/aromatic N) is 1. The highest BCUT2D eigenvalue weighted by Gasteiger charge is 2.47. The van der Waals surface area contributed by atoms with Crippen molar-refractivity contribution in [2.75, 3.05) is 11.9 Å². The Morgan fingerprint density at radius 1 is 1.29 bits per heavy atom. The molecule has 24 heavy (non-hydrogen) atoms. The maximum atomic E-state index is 12.6. The fourth-order valence-corrected chi connectivity index (χ4v) is 2.68. The van der Waals surface area contributed by atoms with E-state index in [4.69, 9.17) is 0 Å². The second-order valence-electron chi connectivity index (χ2n) is 6.95. The Balaban J connectivity index is 2.02. The fourth-order valence-electron chi connectivity index (χ4n) is 2.68. The van der Waals surface area contributed by atoms with Crippen LogP contribution in [-0.4, -0.2) is 34.8 Å². The molecule has 6 heteroatoms. The van der Waals surface area contributed by atoms with Crippen molar-refractivity contribution in [3.8, 4) is 0 Å². The Labute approximate surface area is 142 Å². The number of hydrogen-bond donors (Lipinski definition) is 2. The summed E-state index contributed by atoms with van der Waals surface area (Å²) >= 11 is 0. The summed E-state index contributed by atoms with van der Waals surface area (Å²) in [4.78, 5) is 37.9. The summed E-state index contributed by atoms with van der Waals surface area (Å²) < 4.78 is 0. The van der Waals surface area contributed by atoms with Crippen molar-refractivity contribution in [1.82, 2.24) is 10.2 Å². The number of anilines is 1. The normalized spacial score (nSPS) is 20.5. The molecule has 130 valence electrons. The third-order valence-corrected chi connectivity index (χ3v) is 4.29. The van der Waals surface area contributed by atoms with Gasteiger partial charge in [0.1, 0.15) is 12.1 Å². The van der Waals surface area contributed by atoms with E-state index >= 15 is 0 Å². The second kappa shape index (κ2) is 7.03. The minimum absolute atomic E-state index is 0.281. The summed E-state index contributed by atoms with van der Waals surface area (Å²) in [6.45, 7) is 7.45. The molecule has 0 bridgehead atoms. The molecular formula is C18H25N3O3. The van der Waals surface area contributed by atoms with Gasteiger partial charge in [0.2, 0.25) is 5.91 Å². The van der Waals surface area contributed by atoms with Gasteiger partial charge in [-0.25, -0.2) is 4.79 Å². The molecule has 0 aromatic heterocycles. The van der Waals surface area contributed by atoms with E-state index in [1.54, 1.807) is 13.0 Å². The number of carbonyl (C=O) groups excluding carboxylic acids is 3. The highest BCUT2D eigenvalue weighted by Crippen LogP contribution is 2.24. The smallest absolute Gasteiger partial charge is 0.324 e. The summed E-state index contributed by atoms with van der Waals surface area (Å²) in [5.41, 5.74) is 0.673. The van der Waals surface area contributed by atoms with Crippen LogP contribution in [0.4, 0.5) is 10.5 Å². The van der Waals surface area contributed by atoms with Crippen molar-refractivity contribution in [2.24, 2.45) is 5.92 Å². The SMILES string of the molecule is Cc1ccccc1NC(=O)CN1C(=O)NC(C)(CCC(C)C)C1=O. The lowest BCUT2D eigenvalue weighted by Crippen LogP contribution is -2.44. The van der Waals surface area contributed by atoms with Gasteiger partial charge in [-0.1, -0.05) is 32.0 Å². The molecule has 1 atom stereocenters. The van der Waals surface area contributed by atoms with Crippen molar-refractivity contribution in [1.29, 1.82) is 0 Å². The van der Waals surface area contributed by atoms with Gasteiger partial charge in [-0.3, -0.25) is 14.5 Å². The number of nitrogens with one attached hydrogen (secondary N) is 2. The summed E-state index contributed by atoms with van der Waals surface area (Å²) in [6.07, 6.45) is 1.39. The predicted octanol–water partition coefficient (Wildman–Crippen LogP) is 2.68. The summed E-state index contributed by atoms with van der Waals surface area (Å²) in [7, 11) is 0. The van der Waals surface area contributed by atoms with E-state index in [0.29, 0.717) is 18.0 Å². The monoisotopic (exact) mass is 331 g/mol. The van der Waals surface area contributed by atoms with Crippen molar-refractivity contribution in [3.63, 3.8) is 0 Å². The Morgan fingerprint density at radius 3 is 2.58 bits per heavy atom. The predicted molar refractivity (Wildman–Crippen MR) is 92.5 cm³/mol. The van der Waals surface area contributed by atoms with Crippen molar-refractivity contribution >= 4 is 23.5 Å². The molecule has 0 saturated carbocycles. The first kappa shape index (κ1) is 18.0. The first-order valence-corrected chi connectivity index (χ1v) is 8.22. The number of imide groups is 1. The molecule has 1 saturated heterocycles. The van der Waals surface area contributed by atoms with E-state index in [0.717, 1.165) is 16.9 Å². The first-order valence-electron chi connectivity index (χ1n) is 8.22. The lowest BCUT2D eigenvalue weighted by Gasteiger charge is -2.22. The van der Waals surface area contributed by atoms with Gasteiger partial charge >= 0.3 is 6.03 Å². The van der Waals surface area contributed by atoms with Crippen LogP contribution in [0.15, 0.2) is 24.3 Å². The van der Waals surface area contributed by atoms with Crippen LogP contribution >= 0.6 is 0 Å². The van der Waals surface area contributed by atoms with E-state index < -0.39 is 11.6 Å². The molecule has 0 spiro atoms. The number of amides is 4. The number of carbonyl (C=O) groups is 3. The van der Waals surface area contributed by atoms with Crippen molar-refractivity contribution < 1.29 is 14.4 Å². The highest BCUT2D eigenvalue weighted by atomic mass is 16.2. The molecule has 6 nitrogen and oxygen atoms in total. The molecular weight excluding hydrogens is 306 g/mol. The molecule has 1 aliphatic rings. The Hall–Kier alpha value is -2.37. The van der Waals surface area contributed by atoms with Gasteiger partial charge in [0.15, 0.2) is 0 Å². The molecule has 4 amide bonds. The molecule has 1 unspecified atom stereocenters. The number of hydrogen-bond acceptors (Lipinski definition) is 3. The highest BCUT2D eigenvalue weighted by molar-refractivity contribution is 6.09. The minimum atomic E-state index is -0.926. The summed E-state index contributed by atoms with van der Waals surface area (Å²) in [6, 6.07) is 6.85. The minimum Gasteiger partial charge on any atom is -0.324 e. The maximum absolute atomic E-state index is 12.6. The van der Waals surface area contributed by atoms with Crippen molar-refractivity contribution in [2.45, 2.75) is 46.1 Å². The second-order valence-corrected chi connectivity index (χ2v) is 6.95. The van der Waals surface area contributed by atoms with Gasteiger partial charge < -0.3 is 10.6 Å². The Morgan fingerprint density at radius 2 is 1.96 bits per heavy atom. The lowest BCUT2D eigenvalue weighted by atomic mass is 9.92. The molecule has 1 aliphatic heterocycles. The standard InChI is InChI=1S/C18H25N3O3/c1-12(2)9-10-18(4)16(23)21(17(24)20-18)11-15(22)19-14-8-6-5-7-13(14)3/h5-8,12H,9-11H2,1-4H3,(H,19,22)(H,20,24). The van der Waals surface area contributed by atoms with Gasteiger partial charge in [0.25, 0.3) is 5.91 Å². The summed E-state index contributed by atoms with van der Waals surface area (Å²) in [5, 5.41) is 5.47. The number of urea groups is 1. The molecule has 2 N–H and O–H groups in total. The van der Waals surface area contributed by atoms with Crippen LogP contribution < -0.4 is 10.6 Å². The van der Waals surface area contributed by atoms with Crippen LogP contribution in [0.25, 0.3) is 0 Å². The van der Waals surface area contributed by atoms with Gasteiger partial charge in [0, 0.05) is 5.69 Å². The van der Waals surface area contributed by atoms with Gasteiger partial charge in [-0.2, -0.15) is 0 Å². The molecule has 1 aromatic carbocycles. The topological polar surface area (TPSA) is 78.5 Å². The number of benzene rings is 1. The molecule has 1 fully saturated rings. The zero-order valence-corrected chi connectivity index (χ0v) is 14.7. The average molecular weight is 331 g/mol. The van der Waals surface area contributed by atoms with Gasteiger partial charge in [-0.05, 0) is 44.2 Å². The third-order valence-electron chi connectivity index (χ3n) is 4.29. The first-order chi connectivity index (χ1) is 11.2. The van der Waals surface area contributed by atoms with Crippen LogP contribution in [0.5, 0.6) is 0 Å². The van der Waals surface area contributed by atoms with Crippen LogP contribution in [0.1, 0.15) is 39.2 Å². The number of rotatable bonds is 6. The van der Waals surface area contributed by atoms with Crippen LogP contribution in [0, 0.1) is 12.8 Å². The Bertz CT molecular complexity index is 657. The summed E-state index contributed by atoms with van der Waals surface area (Å²) in [5.74, 6) is -0.293. The number of aryl methyl sites for hydroxylation is 1. The zero-order chi connectivity index (χ0) is 17.9. The van der Waals surface area contributed by atoms with E-state index in [-0.39, 0.29) is 18.4 Å². The largest absolute Gasteiger partial charge is 0.325 e. The Kier molecular flexibility index (Phi) is 5.26. The average Bonchev–Trinajstić information content (AvgIpc) is 2.72. The molecule has 0 aliphatic carbocycles. The van der Waals surface area contributed by atoms with Crippen LogP contribution in [0.2, 0.25) is 0 Å². The van der Waals surface area contributed by atoms with Crippen LogP contribution in [0.3, 0.4) is 0 Å². The van der Waals surface area contributed by atoms with Crippen LogP contribution in [-0.2, 0) is 9.59 Å². The quantitative estimate of drug-likeness (QED) is 0.787. The lowest BCUT2D eigenvalue weighted by molar-refractivity contribution is -0.133. The maximum Gasteiger partial charge on any atom is 0.325 e. The van der Waals surface area contributed by atoms with Crippen molar-refractivity contribution in [3.05, 3.63) is 29.8 Å². The van der Waals surface area contributed by atoms with E-state index in [1.165, 1.54) is 0 Å². The third kappa shape index (κ3) is 3.93. The zero-order valence-electron chi connectivity index (χ0n) is 14.7. The molecule has 2 rings (SSSR count). The van der Waals surface area contributed by atoms with E-state index in [9.17, 15) is 14.4 Å². The number of para-hydroxylation sites is 1. The molecule has 1 heterocycles. The van der Waals surface area contributed by atoms with Gasteiger partial charge in [0.05, 0.1) is 0 Å².